The van der Waals surface area contributed by atoms with E-state index in [9.17, 15) is 4.79 Å². The number of piperidine rings is 1. The lowest BCUT2D eigenvalue weighted by atomic mass is 9.98. The average molecular weight is 546 g/mol. The molecule has 2 N–H and O–H groups in total. The van der Waals surface area contributed by atoms with Crippen molar-refractivity contribution in [3.05, 3.63) is 24.3 Å². The number of nitrogens with one attached hydrogen (secondary N) is 2. The van der Waals surface area contributed by atoms with Crippen LogP contribution in [0.3, 0.4) is 0 Å². The molecule has 1 amide bonds. The summed E-state index contributed by atoms with van der Waals surface area (Å²) in [5.41, 5.74) is 0. The second kappa shape index (κ2) is 15.2. The molecular weight excluding hydrogens is 507 g/mol. The molecule has 176 valence electrons. The molecule has 0 radical (unpaired) electrons. The fraction of sp³-hybridized carbons (Fsp3) is 0.652. The molecule has 1 heterocycles. The lowest BCUT2D eigenvalue weighted by molar-refractivity contribution is -0.136. The van der Waals surface area contributed by atoms with Crippen LogP contribution in [0.25, 0.3) is 0 Å². The molecule has 0 unspecified atom stereocenters. The van der Waals surface area contributed by atoms with Crippen molar-refractivity contribution in [1.82, 2.24) is 15.5 Å². The number of hydrogen-bond acceptors (Lipinski definition) is 4. The van der Waals surface area contributed by atoms with Gasteiger partial charge >= 0.3 is 0 Å². The number of aliphatic imine (C=N–C) groups is 1. The molecule has 0 spiro atoms. The van der Waals surface area contributed by atoms with Crippen LogP contribution < -0.4 is 20.1 Å². The predicted octanol–water partition coefficient (Wildman–Crippen LogP) is 3.67. The number of ether oxygens (including phenoxy) is 2. The zero-order valence-corrected chi connectivity index (χ0v) is 21.7. The summed E-state index contributed by atoms with van der Waals surface area (Å²) >= 11 is 0. The Morgan fingerprint density at radius 3 is 2.52 bits per heavy atom. The van der Waals surface area contributed by atoms with Gasteiger partial charge in [0.15, 0.2) is 5.96 Å². The highest BCUT2D eigenvalue weighted by atomic mass is 127. The van der Waals surface area contributed by atoms with Crippen LogP contribution in [0.5, 0.6) is 11.5 Å². The van der Waals surface area contributed by atoms with E-state index < -0.39 is 0 Å². The maximum absolute atomic E-state index is 12.5. The lowest BCUT2D eigenvalue weighted by Crippen LogP contribution is -2.50. The Balaban J connectivity index is 0.00000480. The smallest absolute Gasteiger partial charge is 0.225 e. The molecule has 0 saturated carbocycles. The minimum atomic E-state index is 0. The number of rotatable bonds is 10. The zero-order chi connectivity index (χ0) is 21.8. The molecule has 8 heteroatoms. The Labute approximate surface area is 204 Å². The summed E-state index contributed by atoms with van der Waals surface area (Å²) in [6.45, 7) is 7.22. The summed E-state index contributed by atoms with van der Waals surface area (Å²) in [6.07, 6.45) is 4.61. The number of nitrogens with zero attached hydrogens (tertiary/aromatic N) is 2. The second-order valence-electron chi connectivity index (χ2n) is 7.64. The summed E-state index contributed by atoms with van der Waals surface area (Å²) in [5, 5.41) is 6.84. The molecule has 2 rings (SSSR count). The van der Waals surface area contributed by atoms with Crippen molar-refractivity contribution in [2.24, 2.45) is 10.9 Å². The highest BCUT2D eigenvalue weighted by Crippen LogP contribution is 2.19. The fourth-order valence-corrected chi connectivity index (χ4v) is 3.69. The van der Waals surface area contributed by atoms with Crippen LogP contribution in [-0.2, 0) is 4.79 Å². The number of likely N-dealkylation sites (tertiary alicyclic amines) is 1. The van der Waals surface area contributed by atoms with E-state index in [0.29, 0.717) is 18.6 Å². The van der Waals surface area contributed by atoms with E-state index >= 15 is 0 Å². The number of hydrogen-bond donors (Lipinski definition) is 2. The zero-order valence-electron chi connectivity index (χ0n) is 19.4. The molecule has 1 aliphatic rings. The lowest BCUT2D eigenvalue weighted by Gasteiger charge is -2.34. The Morgan fingerprint density at radius 1 is 1.23 bits per heavy atom. The molecule has 1 aliphatic heterocycles. The van der Waals surface area contributed by atoms with Crippen molar-refractivity contribution in [3.8, 4) is 11.5 Å². The van der Waals surface area contributed by atoms with E-state index in [0.717, 1.165) is 69.2 Å². The summed E-state index contributed by atoms with van der Waals surface area (Å²) in [6, 6.07) is 7.97. The number of guanidine groups is 1. The van der Waals surface area contributed by atoms with Gasteiger partial charge < -0.3 is 25.0 Å². The van der Waals surface area contributed by atoms with E-state index in [1.54, 1.807) is 14.2 Å². The van der Waals surface area contributed by atoms with Crippen LogP contribution in [-0.4, -0.2) is 63.2 Å². The molecule has 0 aliphatic carbocycles. The van der Waals surface area contributed by atoms with Crippen molar-refractivity contribution >= 4 is 35.8 Å². The van der Waals surface area contributed by atoms with Crippen LogP contribution in [0.15, 0.2) is 29.3 Å². The first-order chi connectivity index (χ1) is 14.6. The van der Waals surface area contributed by atoms with Gasteiger partial charge in [-0.15, -0.1) is 24.0 Å². The minimum Gasteiger partial charge on any atom is -0.497 e. The summed E-state index contributed by atoms with van der Waals surface area (Å²) in [5.74, 6) is 2.90. The van der Waals surface area contributed by atoms with Crippen LogP contribution in [0.4, 0.5) is 0 Å². The third-order valence-electron chi connectivity index (χ3n) is 5.63. The van der Waals surface area contributed by atoms with Gasteiger partial charge in [-0.3, -0.25) is 9.79 Å². The van der Waals surface area contributed by atoms with Crippen molar-refractivity contribution in [1.29, 1.82) is 0 Å². The van der Waals surface area contributed by atoms with Gasteiger partial charge in [0, 0.05) is 44.7 Å². The molecule has 1 fully saturated rings. The molecular formula is C23H39IN4O3. The van der Waals surface area contributed by atoms with Gasteiger partial charge in [-0.25, -0.2) is 0 Å². The van der Waals surface area contributed by atoms with Crippen molar-refractivity contribution in [2.45, 2.75) is 52.0 Å². The van der Waals surface area contributed by atoms with Crippen LogP contribution >= 0.6 is 24.0 Å². The largest absolute Gasteiger partial charge is 0.497 e. The summed E-state index contributed by atoms with van der Waals surface area (Å²) in [4.78, 5) is 18.9. The van der Waals surface area contributed by atoms with Gasteiger partial charge in [-0.05, 0) is 44.2 Å². The number of halogens is 1. The monoisotopic (exact) mass is 546 g/mol. The predicted molar refractivity (Wildman–Crippen MR) is 137 cm³/mol. The Kier molecular flexibility index (Phi) is 13.4. The maximum Gasteiger partial charge on any atom is 0.225 e. The van der Waals surface area contributed by atoms with Gasteiger partial charge in [-0.1, -0.05) is 19.9 Å². The molecule has 31 heavy (non-hydrogen) atoms. The first-order valence-electron chi connectivity index (χ1n) is 11.1. The van der Waals surface area contributed by atoms with Crippen LogP contribution in [0.1, 0.15) is 46.0 Å². The fourth-order valence-electron chi connectivity index (χ4n) is 3.69. The van der Waals surface area contributed by atoms with Gasteiger partial charge in [-0.2, -0.15) is 0 Å². The van der Waals surface area contributed by atoms with E-state index in [2.05, 4.69) is 29.5 Å². The highest BCUT2D eigenvalue weighted by Gasteiger charge is 2.26. The number of methoxy groups -OCH3 is 1. The molecule has 0 atom stereocenters. The topological polar surface area (TPSA) is 75.2 Å². The van der Waals surface area contributed by atoms with Crippen molar-refractivity contribution in [2.75, 3.05) is 40.4 Å². The maximum atomic E-state index is 12.5. The Hall–Kier alpha value is -1.71. The van der Waals surface area contributed by atoms with Gasteiger partial charge in [0.25, 0.3) is 0 Å². The van der Waals surface area contributed by atoms with E-state index in [1.807, 2.05) is 29.2 Å². The minimum absolute atomic E-state index is 0. The normalized spacial score (nSPS) is 14.7. The second-order valence-corrected chi connectivity index (χ2v) is 7.64. The Morgan fingerprint density at radius 2 is 1.90 bits per heavy atom. The highest BCUT2D eigenvalue weighted by molar-refractivity contribution is 14.0. The van der Waals surface area contributed by atoms with Crippen molar-refractivity contribution < 1.29 is 14.3 Å². The van der Waals surface area contributed by atoms with E-state index in [-0.39, 0.29) is 29.9 Å². The molecule has 1 saturated heterocycles. The van der Waals surface area contributed by atoms with Crippen molar-refractivity contribution in [3.63, 3.8) is 0 Å². The first kappa shape index (κ1) is 27.3. The van der Waals surface area contributed by atoms with E-state index in [1.165, 1.54) is 0 Å². The molecule has 0 bridgehead atoms. The standard InChI is InChI=1S/C23H38N4O3.HI/c1-5-18(6-2)22(28)27-14-11-19(12-15-27)26-23(24-3)25-13-8-16-30-21-10-7-9-20(17-21)29-4;/h7,9-10,17-19H,5-6,8,11-16H2,1-4H3,(H2,24,25,26);1H. The SMILES string of the molecule is CCC(CC)C(=O)N1CCC(NC(=NC)NCCCOc2cccc(OC)c2)CC1.I. The number of benzene rings is 1. The number of carbonyl (C=O) groups excluding carboxylic acids is 1. The Bertz CT molecular complexity index is 675. The third-order valence-corrected chi connectivity index (χ3v) is 5.63. The molecule has 1 aromatic rings. The first-order valence-corrected chi connectivity index (χ1v) is 11.1. The van der Waals surface area contributed by atoms with Crippen LogP contribution in [0, 0.1) is 5.92 Å². The average Bonchev–Trinajstić information content (AvgIpc) is 2.79. The summed E-state index contributed by atoms with van der Waals surface area (Å²) < 4.78 is 11.0. The molecule has 1 aromatic carbocycles. The third kappa shape index (κ3) is 9.13. The van der Waals surface area contributed by atoms with Crippen LogP contribution in [0.2, 0.25) is 0 Å². The summed E-state index contributed by atoms with van der Waals surface area (Å²) in [7, 11) is 3.43. The number of carbonyl (C=O) groups is 1. The molecule has 0 aromatic heterocycles. The van der Waals surface area contributed by atoms with Gasteiger partial charge in [0.05, 0.1) is 13.7 Å². The van der Waals surface area contributed by atoms with Gasteiger partial charge in [0.1, 0.15) is 11.5 Å². The molecule has 7 nitrogen and oxygen atoms in total. The number of amides is 1. The van der Waals surface area contributed by atoms with Gasteiger partial charge in [0.2, 0.25) is 5.91 Å². The van der Waals surface area contributed by atoms with E-state index in [4.69, 9.17) is 9.47 Å². The quantitative estimate of drug-likeness (QED) is 0.203.